The molecule has 0 bridgehead atoms. The zero-order valence-corrected chi connectivity index (χ0v) is 17.0. The Morgan fingerprint density at radius 3 is 2.23 bits per heavy atom. The first-order valence-electron chi connectivity index (χ1n) is 9.32. The van der Waals surface area contributed by atoms with Crippen LogP contribution in [0.5, 0.6) is 0 Å². The number of sulfonamides is 1. The Morgan fingerprint density at radius 1 is 1.00 bits per heavy atom. The van der Waals surface area contributed by atoms with Crippen LogP contribution in [-0.4, -0.2) is 44.3 Å². The molecule has 0 aromatic heterocycles. The molecule has 0 radical (unpaired) electrons. The topological polar surface area (TPSA) is 92.8 Å². The quantitative estimate of drug-likeness (QED) is 0.674. The lowest BCUT2D eigenvalue weighted by atomic mass is 10.1. The maximum atomic E-state index is 13.0. The number of ether oxygens (including phenoxy) is 1. The summed E-state index contributed by atoms with van der Waals surface area (Å²) in [5, 5.41) is 2.39. The fourth-order valence-corrected chi connectivity index (χ4v) is 4.62. The van der Waals surface area contributed by atoms with Crippen LogP contribution >= 0.6 is 0 Å². The van der Waals surface area contributed by atoms with Gasteiger partial charge in [0.05, 0.1) is 16.0 Å². The molecule has 0 atom stereocenters. The van der Waals surface area contributed by atoms with Gasteiger partial charge in [-0.25, -0.2) is 13.2 Å². The van der Waals surface area contributed by atoms with E-state index in [9.17, 15) is 31.2 Å². The molecule has 166 valence electrons. The maximum Gasteiger partial charge on any atom is 0.417 e. The van der Waals surface area contributed by atoms with Crippen LogP contribution in [0, 0.1) is 0 Å². The van der Waals surface area contributed by atoms with Crippen molar-refractivity contribution < 1.29 is 35.9 Å². The Bertz CT molecular complexity index is 1060. The number of nitrogens with zero attached hydrogens (tertiary/aromatic N) is 1. The number of rotatable bonds is 6. The van der Waals surface area contributed by atoms with E-state index in [2.05, 4.69) is 10.1 Å². The number of nitrogens with one attached hydrogen (secondary N) is 1. The van der Waals surface area contributed by atoms with Crippen molar-refractivity contribution in [2.45, 2.75) is 23.9 Å². The van der Waals surface area contributed by atoms with Gasteiger partial charge in [-0.1, -0.05) is 12.1 Å². The Hall–Kier alpha value is -2.92. The Kier molecular flexibility index (Phi) is 6.65. The SMILES string of the molecule is O=C(COC(=O)c1ccccc1C(F)(F)F)Nc1ccc(S(=O)(=O)N2CCCC2)cc1. The summed E-state index contributed by atoms with van der Waals surface area (Å²) in [6, 6.07) is 9.54. The van der Waals surface area contributed by atoms with Crippen molar-refractivity contribution >= 4 is 27.6 Å². The van der Waals surface area contributed by atoms with E-state index in [-0.39, 0.29) is 10.6 Å². The molecule has 1 aliphatic rings. The summed E-state index contributed by atoms with van der Waals surface area (Å²) in [6.45, 7) is 0.117. The number of carbonyl (C=O) groups is 2. The van der Waals surface area contributed by atoms with E-state index in [4.69, 9.17) is 0 Å². The van der Waals surface area contributed by atoms with Crippen LogP contribution in [0.15, 0.2) is 53.4 Å². The first-order valence-corrected chi connectivity index (χ1v) is 10.8. The molecular weight excluding hydrogens is 437 g/mol. The highest BCUT2D eigenvalue weighted by Crippen LogP contribution is 2.32. The Balaban J connectivity index is 1.59. The third-order valence-electron chi connectivity index (χ3n) is 4.63. The molecule has 1 fully saturated rings. The monoisotopic (exact) mass is 456 g/mol. The number of esters is 1. The van der Waals surface area contributed by atoms with Gasteiger partial charge in [0.1, 0.15) is 0 Å². The normalized spacial score (nSPS) is 14.9. The standard InChI is InChI=1S/C20H19F3N2O5S/c21-20(22,23)17-6-2-1-5-16(17)19(27)30-13-18(26)24-14-7-9-15(10-8-14)31(28,29)25-11-3-4-12-25/h1-2,5-10H,3-4,11-13H2,(H,24,26). The molecule has 11 heteroatoms. The number of anilines is 1. The van der Waals surface area contributed by atoms with E-state index in [1.807, 2.05) is 0 Å². The molecule has 1 aliphatic heterocycles. The number of alkyl halides is 3. The summed E-state index contributed by atoms with van der Waals surface area (Å²) >= 11 is 0. The summed E-state index contributed by atoms with van der Waals surface area (Å²) in [5.74, 6) is -2.07. The molecule has 7 nitrogen and oxygen atoms in total. The van der Waals surface area contributed by atoms with Crippen molar-refractivity contribution in [3.05, 3.63) is 59.7 Å². The molecule has 3 rings (SSSR count). The lowest BCUT2D eigenvalue weighted by Crippen LogP contribution is -2.27. The van der Waals surface area contributed by atoms with Crippen molar-refractivity contribution in [1.29, 1.82) is 0 Å². The number of halogens is 3. The molecule has 1 saturated heterocycles. The third-order valence-corrected chi connectivity index (χ3v) is 6.54. The number of amides is 1. The first kappa shape index (κ1) is 22.8. The molecule has 0 spiro atoms. The third kappa shape index (κ3) is 5.42. The van der Waals surface area contributed by atoms with E-state index < -0.39 is 45.8 Å². The zero-order valence-electron chi connectivity index (χ0n) is 16.2. The van der Waals surface area contributed by atoms with E-state index in [1.165, 1.54) is 34.6 Å². The van der Waals surface area contributed by atoms with Crippen LogP contribution in [-0.2, 0) is 25.7 Å². The van der Waals surface area contributed by atoms with E-state index in [1.54, 1.807) is 0 Å². The lowest BCUT2D eigenvalue weighted by molar-refractivity contribution is -0.138. The summed E-state index contributed by atoms with van der Waals surface area (Å²) in [5.41, 5.74) is -1.61. The van der Waals surface area contributed by atoms with Gasteiger partial charge in [-0.15, -0.1) is 0 Å². The van der Waals surface area contributed by atoms with Gasteiger partial charge in [0.2, 0.25) is 10.0 Å². The number of carbonyl (C=O) groups excluding carboxylic acids is 2. The highest BCUT2D eigenvalue weighted by atomic mass is 32.2. The van der Waals surface area contributed by atoms with Gasteiger partial charge >= 0.3 is 12.1 Å². The molecule has 1 N–H and O–H groups in total. The predicted octanol–water partition coefficient (Wildman–Crippen LogP) is 3.29. The van der Waals surface area contributed by atoms with Gasteiger partial charge in [-0.3, -0.25) is 4.79 Å². The number of hydrogen-bond acceptors (Lipinski definition) is 5. The van der Waals surface area contributed by atoms with Crippen molar-refractivity contribution in [2.75, 3.05) is 25.0 Å². The average molecular weight is 456 g/mol. The van der Waals surface area contributed by atoms with Gasteiger partial charge < -0.3 is 10.1 Å². The fourth-order valence-electron chi connectivity index (χ4n) is 3.10. The van der Waals surface area contributed by atoms with Gasteiger partial charge in [0.25, 0.3) is 5.91 Å². The zero-order chi connectivity index (χ0) is 22.6. The molecule has 0 aliphatic carbocycles. The van der Waals surface area contributed by atoms with Gasteiger partial charge in [0.15, 0.2) is 6.61 Å². The molecule has 31 heavy (non-hydrogen) atoms. The molecule has 1 heterocycles. The van der Waals surface area contributed by atoms with Crippen LogP contribution in [0.4, 0.5) is 18.9 Å². The Morgan fingerprint density at radius 2 is 1.61 bits per heavy atom. The molecular formula is C20H19F3N2O5S. The van der Waals surface area contributed by atoms with Crippen LogP contribution in [0.3, 0.4) is 0 Å². The van der Waals surface area contributed by atoms with Crippen molar-refractivity contribution in [1.82, 2.24) is 4.31 Å². The van der Waals surface area contributed by atoms with Crippen LogP contribution in [0.2, 0.25) is 0 Å². The lowest BCUT2D eigenvalue weighted by Gasteiger charge is -2.15. The predicted molar refractivity (Wildman–Crippen MR) is 105 cm³/mol. The minimum Gasteiger partial charge on any atom is -0.452 e. The van der Waals surface area contributed by atoms with E-state index in [0.29, 0.717) is 13.1 Å². The summed E-state index contributed by atoms with van der Waals surface area (Å²) in [6.07, 6.45) is -3.13. The summed E-state index contributed by atoms with van der Waals surface area (Å²) in [7, 11) is -3.59. The minimum absolute atomic E-state index is 0.0857. The van der Waals surface area contributed by atoms with E-state index in [0.717, 1.165) is 31.0 Å². The van der Waals surface area contributed by atoms with Gasteiger partial charge in [-0.05, 0) is 49.2 Å². The molecule has 2 aromatic rings. The van der Waals surface area contributed by atoms with E-state index >= 15 is 0 Å². The van der Waals surface area contributed by atoms with Crippen LogP contribution in [0.1, 0.15) is 28.8 Å². The van der Waals surface area contributed by atoms with Crippen LogP contribution < -0.4 is 5.32 Å². The van der Waals surface area contributed by atoms with Crippen molar-refractivity contribution in [2.24, 2.45) is 0 Å². The fraction of sp³-hybridized carbons (Fsp3) is 0.300. The molecule has 1 amide bonds. The smallest absolute Gasteiger partial charge is 0.417 e. The summed E-state index contributed by atoms with van der Waals surface area (Å²) in [4.78, 5) is 24.0. The molecule has 2 aromatic carbocycles. The minimum atomic E-state index is -4.74. The van der Waals surface area contributed by atoms with Crippen molar-refractivity contribution in [3.63, 3.8) is 0 Å². The highest BCUT2D eigenvalue weighted by Gasteiger charge is 2.35. The van der Waals surface area contributed by atoms with Gasteiger partial charge in [0, 0.05) is 18.8 Å². The summed E-state index contributed by atoms with van der Waals surface area (Å²) < 4.78 is 70.0. The maximum absolute atomic E-state index is 13.0. The first-order chi connectivity index (χ1) is 14.6. The molecule has 0 unspecified atom stereocenters. The number of benzene rings is 2. The molecule has 0 saturated carbocycles. The second-order valence-electron chi connectivity index (χ2n) is 6.80. The second-order valence-corrected chi connectivity index (χ2v) is 8.74. The van der Waals surface area contributed by atoms with Gasteiger partial charge in [-0.2, -0.15) is 17.5 Å². The largest absolute Gasteiger partial charge is 0.452 e. The number of hydrogen-bond donors (Lipinski definition) is 1. The Labute approximate surface area is 176 Å². The highest BCUT2D eigenvalue weighted by molar-refractivity contribution is 7.89. The van der Waals surface area contributed by atoms with Crippen molar-refractivity contribution in [3.8, 4) is 0 Å². The van der Waals surface area contributed by atoms with Crippen LogP contribution in [0.25, 0.3) is 0 Å². The second kappa shape index (κ2) is 9.06. The average Bonchev–Trinajstić information content (AvgIpc) is 3.28.